The van der Waals surface area contributed by atoms with Gasteiger partial charge in [0.05, 0.1) is 11.8 Å². The van der Waals surface area contributed by atoms with Gasteiger partial charge in [-0.15, -0.1) is 0 Å². The van der Waals surface area contributed by atoms with Gasteiger partial charge in [-0.3, -0.25) is 19.3 Å². The third-order valence-corrected chi connectivity index (χ3v) is 6.45. The molecule has 142 valence electrons. The van der Waals surface area contributed by atoms with Crippen molar-refractivity contribution in [1.29, 1.82) is 0 Å². The zero-order chi connectivity index (χ0) is 19.1. The van der Waals surface area contributed by atoms with Crippen molar-refractivity contribution < 1.29 is 14.4 Å². The Labute approximate surface area is 160 Å². The van der Waals surface area contributed by atoms with E-state index in [0.717, 1.165) is 12.0 Å². The quantitative estimate of drug-likeness (QED) is 0.573. The van der Waals surface area contributed by atoms with Gasteiger partial charge in [0.1, 0.15) is 6.04 Å². The predicted octanol–water partition coefficient (Wildman–Crippen LogP) is 2.27. The van der Waals surface area contributed by atoms with Crippen LogP contribution in [0.15, 0.2) is 42.5 Å². The summed E-state index contributed by atoms with van der Waals surface area (Å²) in [4.78, 5) is 42.7. The van der Waals surface area contributed by atoms with Gasteiger partial charge >= 0.3 is 0 Å². The van der Waals surface area contributed by atoms with Crippen LogP contribution in [0, 0.1) is 23.7 Å². The highest BCUT2D eigenvalue weighted by atomic mass is 16.2. The van der Waals surface area contributed by atoms with Crippen LogP contribution in [0.25, 0.3) is 0 Å². The number of fused-ring (bicyclic) bond motifs is 5. The molecule has 4 rings (SSSR count). The van der Waals surface area contributed by atoms with E-state index in [2.05, 4.69) is 12.2 Å². The van der Waals surface area contributed by atoms with Crippen molar-refractivity contribution in [1.82, 2.24) is 9.80 Å². The number of hydrogen-bond acceptors (Lipinski definition) is 3. The fourth-order valence-electron chi connectivity index (χ4n) is 5.10. The molecule has 1 saturated heterocycles. The highest BCUT2D eigenvalue weighted by molar-refractivity contribution is 6.09. The first kappa shape index (κ1) is 18.0. The second-order valence-corrected chi connectivity index (χ2v) is 7.76. The standard InChI is InChI=1S/C22H26N2O3/c1-3-23(4-2)20(25)17(12-14-8-6-5-7-9-14)24-21(26)18-15-10-11-16(13-15)19(18)22(24)27/h5-11,15-19H,3-4,12-13H2,1-2H3/t15-,16-,17-,18-,19-/m0/s1. The monoisotopic (exact) mass is 366 g/mol. The summed E-state index contributed by atoms with van der Waals surface area (Å²) in [5.41, 5.74) is 0.960. The first-order chi connectivity index (χ1) is 13.1. The van der Waals surface area contributed by atoms with Crippen LogP contribution in [0.1, 0.15) is 25.8 Å². The molecule has 2 fully saturated rings. The maximum Gasteiger partial charge on any atom is 0.246 e. The average Bonchev–Trinajstić information content (AvgIpc) is 3.36. The van der Waals surface area contributed by atoms with Gasteiger partial charge in [0.15, 0.2) is 0 Å². The van der Waals surface area contributed by atoms with E-state index < -0.39 is 6.04 Å². The SMILES string of the molecule is CCN(CC)C(=O)[C@H](Cc1ccccc1)N1C(=O)[C@@H]2[C@@H](C1=O)[C@H]1C=C[C@H]2C1. The lowest BCUT2D eigenvalue weighted by atomic mass is 9.85. The minimum absolute atomic E-state index is 0.133. The second-order valence-electron chi connectivity index (χ2n) is 7.76. The molecule has 27 heavy (non-hydrogen) atoms. The summed E-state index contributed by atoms with van der Waals surface area (Å²) in [6.07, 6.45) is 5.43. The van der Waals surface area contributed by atoms with Crippen molar-refractivity contribution in [3.05, 3.63) is 48.0 Å². The van der Waals surface area contributed by atoms with Crippen molar-refractivity contribution in [2.45, 2.75) is 32.7 Å². The topological polar surface area (TPSA) is 57.7 Å². The summed E-state index contributed by atoms with van der Waals surface area (Å²) in [5, 5.41) is 0. The normalized spacial score (nSPS) is 29.3. The molecule has 3 aliphatic rings. The van der Waals surface area contributed by atoms with Crippen LogP contribution in [-0.2, 0) is 20.8 Å². The molecule has 0 N–H and O–H groups in total. The first-order valence-corrected chi connectivity index (χ1v) is 9.94. The van der Waals surface area contributed by atoms with E-state index in [4.69, 9.17) is 0 Å². The van der Waals surface area contributed by atoms with Crippen LogP contribution >= 0.6 is 0 Å². The zero-order valence-electron chi connectivity index (χ0n) is 15.9. The highest BCUT2D eigenvalue weighted by Gasteiger charge is 2.61. The molecule has 1 aliphatic heterocycles. The number of amides is 3. The smallest absolute Gasteiger partial charge is 0.246 e. The van der Waals surface area contributed by atoms with E-state index in [-0.39, 0.29) is 41.4 Å². The lowest BCUT2D eigenvalue weighted by molar-refractivity contribution is -0.152. The van der Waals surface area contributed by atoms with Crippen LogP contribution in [0.3, 0.4) is 0 Å². The van der Waals surface area contributed by atoms with Gasteiger partial charge in [-0.1, -0.05) is 42.5 Å². The van der Waals surface area contributed by atoms with Gasteiger partial charge in [0, 0.05) is 19.5 Å². The number of carbonyl (C=O) groups excluding carboxylic acids is 3. The van der Waals surface area contributed by atoms with Crippen molar-refractivity contribution in [3.8, 4) is 0 Å². The minimum atomic E-state index is -0.753. The van der Waals surface area contributed by atoms with E-state index in [1.54, 1.807) is 4.90 Å². The van der Waals surface area contributed by atoms with Crippen molar-refractivity contribution >= 4 is 17.7 Å². The van der Waals surface area contributed by atoms with Gasteiger partial charge in [-0.05, 0) is 37.7 Å². The van der Waals surface area contributed by atoms with Crippen LogP contribution in [-0.4, -0.2) is 46.7 Å². The van der Waals surface area contributed by atoms with Crippen molar-refractivity contribution in [2.24, 2.45) is 23.7 Å². The van der Waals surface area contributed by atoms with Gasteiger partial charge in [0.2, 0.25) is 17.7 Å². The Hall–Kier alpha value is -2.43. The van der Waals surface area contributed by atoms with E-state index in [1.165, 1.54) is 4.90 Å². The van der Waals surface area contributed by atoms with E-state index in [9.17, 15) is 14.4 Å². The third-order valence-electron chi connectivity index (χ3n) is 6.45. The number of allylic oxidation sites excluding steroid dienone is 2. The molecule has 0 aromatic heterocycles. The zero-order valence-corrected chi connectivity index (χ0v) is 15.9. The number of nitrogens with zero attached hydrogens (tertiary/aromatic N) is 2. The summed E-state index contributed by atoms with van der Waals surface area (Å²) in [6.45, 7) is 4.98. The molecule has 2 aliphatic carbocycles. The molecule has 0 spiro atoms. The fourth-order valence-corrected chi connectivity index (χ4v) is 5.10. The maximum atomic E-state index is 13.3. The second kappa shape index (κ2) is 6.95. The van der Waals surface area contributed by atoms with Crippen molar-refractivity contribution in [3.63, 3.8) is 0 Å². The molecule has 5 atom stereocenters. The molecular formula is C22H26N2O3. The average molecular weight is 366 g/mol. The molecule has 1 heterocycles. The fraction of sp³-hybridized carbons (Fsp3) is 0.500. The summed E-state index contributed by atoms with van der Waals surface area (Å²) in [6, 6.07) is 8.89. The van der Waals surface area contributed by atoms with Crippen LogP contribution in [0.2, 0.25) is 0 Å². The molecule has 3 amide bonds. The van der Waals surface area contributed by atoms with E-state index >= 15 is 0 Å². The molecule has 1 aromatic carbocycles. The molecule has 1 saturated carbocycles. The van der Waals surface area contributed by atoms with Gasteiger partial charge in [-0.2, -0.15) is 0 Å². The lowest BCUT2D eigenvalue weighted by Crippen LogP contribution is -2.52. The summed E-state index contributed by atoms with van der Waals surface area (Å²) >= 11 is 0. The molecule has 1 aromatic rings. The number of hydrogen-bond donors (Lipinski definition) is 0. The predicted molar refractivity (Wildman–Crippen MR) is 101 cm³/mol. The molecule has 2 bridgehead atoms. The Kier molecular flexibility index (Phi) is 4.62. The number of imide groups is 1. The van der Waals surface area contributed by atoms with Gasteiger partial charge in [0.25, 0.3) is 0 Å². The minimum Gasteiger partial charge on any atom is -0.341 e. The molecule has 0 unspecified atom stereocenters. The van der Waals surface area contributed by atoms with Crippen LogP contribution < -0.4 is 0 Å². The maximum absolute atomic E-state index is 13.3. The Morgan fingerprint density at radius 3 is 2.11 bits per heavy atom. The van der Waals surface area contributed by atoms with E-state index in [1.807, 2.05) is 44.2 Å². The molecule has 0 radical (unpaired) electrons. The number of rotatable bonds is 6. The first-order valence-electron chi connectivity index (χ1n) is 9.94. The largest absolute Gasteiger partial charge is 0.341 e. The van der Waals surface area contributed by atoms with E-state index in [0.29, 0.717) is 19.5 Å². The highest BCUT2D eigenvalue weighted by Crippen LogP contribution is 2.53. The van der Waals surface area contributed by atoms with Crippen molar-refractivity contribution in [2.75, 3.05) is 13.1 Å². The summed E-state index contributed by atoms with van der Waals surface area (Å²) in [5.74, 6) is -0.660. The molecule has 5 heteroatoms. The van der Waals surface area contributed by atoms with Gasteiger partial charge in [-0.25, -0.2) is 0 Å². The van der Waals surface area contributed by atoms with Crippen LogP contribution in [0.4, 0.5) is 0 Å². The lowest BCUT2D eigenvalue weighted by Gasteiger charge is -2.31. The van der Waals surface area contributed by atoms with Crippen LogP contribution in [0.5, 0.6) is 0 Å². The number of carbonyl (C=O) groups is 3. The van der Waals surface area contributed by atoms with Gasteiger partial charge < -0.3 is 4.90 Å². The number of likely N-dealkylation sites (tertiary alicyclic amines) is 1. The Morgan fingerprint density at radius 2 is 1.59 bits per heavy atom. The number of benzene rings is 1. The molecule has 5 nitrogen and oxygen atoms in total. The Bertz CT molecular complexity index is 754. The summed E-state index contributed by atoms with van der Waals surface area (Å²) < 4.78 is 0. The summed E-state index contributed by atoms with van der Waals surface area (Å²) in [7, 11) is 0. The number of likely N-dealkylation sites (N-methyl/N-ethyl adjacent to an activating group) is 1. The molecular weight excluding hydrogens is 340 g/mol. The Morgan fingerprint density at radius 1 is 1.04 bits per heavy atom. The Balaban J connectivity index is 1.67. The third kappa shape index (κ3) is 2.80.